The van der Waals surface area contributed by atoms with Gasteiger partial charge in [0.25, 0.3) is 0 Å². The molecular weight excluding hydrogens is 196 g/mol. The van der Waals surface area contributed by atoms with E-state index in [9.17, 15) is 0 Å². The van der Waals surface area contributed by atoms with E-state index in [1.54, 1.807) is 0 Å². The Bertz CT molecular complexity index is 276. The van der Waals surface area contributed by atoms with Crippen molar-refractivity contribution in [2.24, 2.45) is 29.6 Å². The van der Waals surface area contributed by atoms with Gasteiger partial charge in [0, 0.05) is 0 Å². The Morgan fingerprint density at radius 3 is 2.19 bits per heavy atom. The molecule has 1 N–H and O–H groups in total. The van der Waals surface area contributed by atoms with Crippen LogP contribution >= 0.6 is 0 Å². The van der Waals surface area contributed by atoms with Crippen LogP contribution in [0.15, 0.2) is 0 Å². The second-order valence-corrected chi connectivity index (χ2v) is 6.35. The van der Waals surface area contributed by atoms with Crippen molar-refractivity contribution in [1.29, 1.82) is 5.26 Å². The zero-order chi connectivity index (χ0) is 11.1. The molecule has 88 valence electrons. The summed E-state index contributed by atoms with van der Waals surface area (Å²) in [6, 6.07) is 2.30. The molecule has 0 aromatic carbocycles. The third-order valence-corrected chi connectivity index (χ3v) is 5.28. The molecule has 0 saturated heterocycles. The van der Waals surface area contributed by atoms with Crippen LogP contribution < -0.4 is 5.32 Å². The molecule has 0 amide bonds. The van der Waals surface area contributed by atoms with Crippen LogP contribution in [0.2, 0.25) is 0 Å². The van der Waals surface area contributed by atoms with E-state index in [1.807, 2.05) is 6.92 Å². The van der Waals surface area contributed by atoms with E-state index in [0.717, 1.165) is 36.1 Å². The Morgan fingerprint density at radius 2 is 1.69 bits per heavy atom. The average molecular weight is 218 g/mol. The number of nitrogens with one attached hydrogen (secondary N) is 1. The highest BCUT2D eigenvalue weighted by Crippen LogP contribution is 2.56. The standard InChI is InChI=1S/C14H22N2/c1-9(7-15)16-8-14-12-3-10-2-11(5-12)6-13(14)4-10/h9-14,16H,2-6,8H2,1H3. The molecule has 2 nitrogen and oxygen atoms in total. The normalized spacial score (nSPS) is 46.6. The van der Waals surface area contributed by atoms with E-state index < -0.39 is 0 Å². The Balaban J connectivity index is 1.62. The predicted octanol–water partition coefficient (Wildman–Crippen LogP) is 2.56. The van der Waals surface area contributed by atoms with E-state index in [0.29, 0.717) is 0 Å². The van der Waals surface area contributed by atoms with Gasteiger partial charge in [-0.05, 0) is 75.2 Å². The Labute approximate surface area is 98.4 Å². The van der Waals surface area contributed by atoms with Crippen LogP contribution in [-0.2, 0) is 0 Å². The van der Waals surface area contributed by atoms with Gasteiger partial charge >= 0.3 is 0 Å². The van der Waals surface area contributed by atoms with E-state index in [-0.39, 0.29) is 6.04 Å². The van der Waals surface area contributed by atoms with E-state index in [4.69, 9.17) is 5.26 Å². The highest BCUT2D eigenvalue weighted by Gasteiger charge is 2.47. The fourth-order valence-electron chi connectivity index (χ4n) is 4.73. The maximum atomic E-state index is 8.80. The van der Waals surface area contributed by atoms with Crippen LogP contribution in [-0.4, -0.2) is 12.6 Å². The summed E-state index contributed by atoms with van der Waals surface area (Å²) in [4.78, 5) is 0. The van der Waals surface area contributed by atoms with Gasteiger partial charge in [-0.2, -0.15) is 5.26 Å². The van der Waals surface area contributed by atoms with Gasteiger partial charge < -0.3 is 5.32 Å². The van der Waals surface area contributed by atoms with Crippen LogP contribution in [0.25, 0.3) is 0 Å². The average Bonchev–Trinajstić information content (AvgIpc) is 2.26. The predicted molar refractivity (Wildman–Crippen MR) is 63.6 cm³/mol. The summed E-state index contributed by atoms with van der Waals surface area (Å²) in [7, 11) is 0. The first-order chi connectivity index (χ1) is 7.76. The topological polar surface area (TPSA) is 35.8 Å². The fourth-order valence-corrected chi connectivity index (χ4v) is 4.73. The molecular formula is C14H22N2. The van der Waals surface area contributed by atoms with E-state index in [2.05, 4.69) is 11.4 Å². The third-order valence-electron chi connectivity index (χ3n) is 5.28. The highest BCUT2D eigenvalue weighted by molar-refractivity contribution is 4.99. The SMILES string of the molecule is CC(C#N)NCC1C2CC3CC(C2)CC1C3. The summed E-state index contributed by atoms with van der Waals surface area (Å²) in [5, 5.41) is 12.2. The number of hydrogen-bond acceptors (Lipinski definition) is 2. The molecule has 4 rings (SSSR count). The van der Waals surface area contributed by atoms with Crippen molar-refractivity contribution in [2.45, 2.75) is 45.1 Å². The molecule has 4 aliphatic rings. The molecule has 16 heavy (non-hydrogen) atoms. The number of nitriles is 1. The summed E-state index contributed by atoms with van der Waals surface area (Å²) in [6.07, 6.45) is 7.48. The van der Waals surface area contributed by atoms with Gasteiger partial charge in [-0.15, -0.1) is 0 Å². The third kappa shape index (κ3) is 1.76. The molecule has 4 bridgehead atoms. The molecule has 0 radical (unpaired) electrons. The van der Waals surface area contributed by atoms with Crippen molar-refractivity contribution < 1.29 is 0 Å². The first kappa shape index (κ1) is 10.6. The van der Waals surface area contributed by atoms with Gasteiger partial charge in [-0.25, -0.2) is 0 Å². The molecule has 0 aromatic heterocycles. The van der Waals surface area contributed by atoms with Crippen molar-refractivity contribution in [2.75, 3.05) is 6.54 Å². The molecule has 4 saturated carbocycles. The molecule has 4 aliphatic carbocycles. The van der Waals surface area contributed by atoms with Crippen LogP contribution in [0.3, 0.4) is 0 Å². The zero-order valence-electron chi connectivity index (χ0n) is 10.2. The van der Waals surface area contributed by atoms with Crippen molar-refractivity contribution in [3.05, 3.63) is 0 Å². The molecule has 2 heteroatoms. The van der Waals surface area contributed by atoms with Crippen LogP contribution in [0.5, 0.6) is 0 Å². The first-order valence-electron chi connectivity index (χ1n) is 6.89. The Kier molecular flexibility index (Phi) is 2.67. The van der Waals surface area contributed by atoms with E-state index in [1.165, 1.54) is 32.1 Å². The van der Waals surface area contributed by atoms with Gasteiger partial charge in [0.15, 0.2) is 0 Å². The van der Waals surface area contributed by atoms with Crippen LogP contribution in [0, 0.1) is 40.9 Å². The summed E-state index contributed by atoms with van der Waals surface area (Å²) in [5.41, 5.74) is 0. The highest BCUT2D eigenvalue weighted by atomic mass is 14.9. The Morgan fingerprint density at radius 1 is 1.12 bits per heavy atom. The van der Waals surface area contributed by atoms with Gasteiger partial charge in [-0.1, -0.05) is 0 Å². The van der Waals surface area contributed by atoms with Gasteiger partial charge in [0.2, 0.25) is 0 Å². The minimum Gasteiger partial charge on any atom is -0.302 e. The largest absolute Gasteiger partial charge is 0.302 e. The molecule has 0 aliphatic heterocycles. The van der Waals surface area contributed by atoms with Crippen LogP contribution in [0.1, 0.15) is 39.0 Å². The Hall–Kier alpha value is -0.550. The van der Waals surface area contributed by atoms with Gasteiger partial charge in [-0.3, -0.25) is 0 Å². The minimum atomic E-state index is 0.0252. The van der Waals surface area contributed by atoms with Crippen LogP contribution in [0.4, 0.5) is 0 Å². The fraction of sp³-hybridized carbons (Fsp3) is 0.929. The maximum Gasteiger partial charge on any atom is 0.0924 e. The number of rotatable bonds is 3. The molecule has 4 fully saturated rings. The van der Waals surface area contributed by atoms with Gasteiger partial charge in [0.1, 0.15) is 0 Å². The summed E-state index contributed by atoms with van der Waals surface area (Å²) in [5.74, 6) is 4.96. The second-order valence-electron chi connectivity index (χ2n) is 6.35. The summed E-state index contributed by atoms with van der Waals surface area (Å²) < 4.78 is 0. The van der Waals surface area contributed by atoms with Crippen molar-refractivity contribution in [3.8, 4) is 6.07 Å². The van der Waals surface area contributed by atoms with Crippen molar-refractivity contribution >= 4 is 0 Å². The summed E-state index contributed by atoms with van der Waals surface area (Å²) >= 11 is 0. The lowest BCUT2D eigenvalue weighted by Crippen LogP contribution is -2.49. The molecule has 1 unspecified atom stereocenters. The monoisotopic (exact) mass is 218 g/mol. The molecule has 1 atom stereocenters. The number of nitrogens with zero attached hydrogens (tertiary/aromatic N) is 1. The van der Waals surface area contributed by atoms with Crippen molar-refractivity contribution in [1.82, 2.24) is 5.32 Å². The molecule has 0 spiro atoms. The van der Waals surface area contributed by atoms with E-state index >= 15 is 0 Å². The lowest BCUT2D eigenvalue weighted by molar-refractivity contribution is -0.0357. The minimum absolute atomic E-state index is 0.0252. The quantitative estimate of drug-likeness (QED) is 0.790. The first-order valence-corrected chi connectivity index (χ1v) is 6.89. The smallest absolute Gasteiger partial charge is 0.0924 e. The van der Waals surface area contributed by atoms with Crippen molar-refractivity contribution in [3.63, 3.8) is 0 Å². The van der Waals surface area contributed by atoms with Gasteiger partial charge in [0.05, 0.1) is 12.1 Å². The number of hydrogen-bond donors (Lipinski definition) is 1. The zero-order valence-corrected chi connectivity index (χ0v) is 10.2. The second kappa shape index (κ2) is 4.04. The maximum absolute atomic E-state index is 8.80. The lowest BCUT2D eigenvalue weighted by Gasteiger charge is -2.54. The lowest BCUT2D eigenvalue weighted by atomic mass is 9.52. The summed E-state index contributed by atoms with van der Waals surface area (Å²) in [6.45, 7) is 3.06. The molecule has 0 aromatic rings. The molecule has 0 heterocycles.